The predicted molar refractivity (Wildman–Crippen MR) is 60.8 cm³/mol. The van der Waals surface area contributed by atoms with Crippen LogP contribution < -0.4 is 4.74 Å². The Bertz CT molecular complexity index is 368. The molecule has 0 unspecified atom stereocenters. The molecule has 0 heterocycles. The lowest BCUT2D eigenvalue weighted by atomic mass is 10.3. The Morgan fingerprint density at radius 3 is 2.94 bits per heavy atom. The van der Waals surface area contributed by atoms with E-state index in [9.17, 15) is 9.18 Å². The molecule has 0 bridgehead atoms. The summed E-state index contributed by atoms with van der Waals surface area (Å²) < 4.78 is 23.5. The van der Waals surface area contributed by atoms with Crippen LogP contribution in [0.2, 0.25) is 0 Å². The molecule has 0 aliphatic carbocycles. The van der Waals surface area contributed by atoms with Gasteiger partial charge in [-0.05, 0) is 35.0 Å². The lowest BCUT2D eigenvalue weighted by molar-refractivity contribution is -0.143. The van der Waals surface area contributed by atoms with Gasteiger partial charge >= 0.3 is 5.97 Å². The van der Waals surface area contributed by atoms with Crippen LogP contribution in [-0.4, -0.2) is 19.2 Å². The minimum Gasteiger partial charge on any atom is -0.492 e. The third-order valence-electron chi connectivity index (χ3n) is 1.76. The van der Waals surface area contributed by atoms with Gasteiger partial charge in [0, 0.05) is 6.07 Å². The van der Waals surface area contributed by atoms with E-state index in [1.807, 2.05) is 0 Å². The number of ether oxygens (including phenoxy) is 2. The van der Waals surface area contributed by atoms with Crippen molar-refractivity contribution in [1.82, 2.24) is 0 Å². The van der Waals surface area contributed by atoms with E-state index in [-0.39, 0.29) is 24.8 Å². The molecule has 0 spiro atoms. The topological polar surface area (TPSA) is 35.5 Å². The van der Waals surface area contributed by atoms with E-state index in [0.717, 1.165) is 0 Å². The number of rotatable bonds is 5. The van der Waals surface area contributed by atoms with Gasteiger partial charge in [0.15, 0.2) is 0 Å². The summed E-state index contributed by atoms with van der Waals surface area (Å²) in [5.41, 5.74) is 0. The zero-order valence-electron chi connectivity index (χ0n) is 8.83. The Labute approximate surface area is 102 Å². The summed E-state index contributed by atoms with van der Waals surface area (Å²) in [5.74, 6) is -0.325. The summed E-state index contributed by atoms with van der Waals surface area (Å²) in [5, 5.41) is 0. The highest BCUT2D eigenvalue weighted by Gasteiger charge is 2.05. The highest BCUT2D eigenvalue weighted by atomic mass is 79.9. The van der Waals surface area contributed by atoms with E-state index in [0.29, 0.717) is 16.8 Å². The fourth-order valence-electron chi connectivity index (χ4n) is 1.07. The van der Waals surface area contributed by atoms with Crippen LogP contribution in [0.15, 0.2) is 22.7 Å². The molecule has 1 rings (SSSR count). The summed E-state index contributed by atoms with van der Waals surface area (Å²) in [6.07, 6.45) is 0.150. The van der Waals surface area contributed by atoms with Crippen LogP contribution >= 0.6 is 15.9 Å². The quantitative estimate of drug-likeness (QED) is 0.782. The van der Waals surface area contributed by atoms with E-state index >= 15 is 0 Å². The molecule has 0 saturated heterocycles. The van der Waals surface area contributed by atoms with Gasteiger partial charge in [0.05, 0.1) is 24.1 Å². The zero-order valence-corrected chi connectivity index (χ0v) is 10.4. The molecule has 0 N–H and O–H groups in total. The third-order valence-corrected chi connectivity index (χ3v) is 2.42. The molecule has 3 nitrogen and oxygen atoms in total. The molecule has 0 fully saturated rings. The first-order chi connectivity index (χ1) is 7.63. The Morgan fingerprint density at radius 2 is 2.25 bits per heavy atom. The minimum absolute atomic E-state index is 0.150. The van der Waals surface area contributed by atoms with Crippen LogP contribution in [0.1, 0.15) is 13.3 Å². The maximum atomic E-state index is 12.9. The second-order valence-electron chi connectivity index (χ2n) is 2.98. The summed E-state index contributed by atoms with van der Waals surface area (Å²) in [7, 11) is 0. The second-order valence-corrected chi connectivity index (χ2v) is 3.83. The van der Waals surface area contributed by atoms with Gasteiger partial charge < -0.3 is 9.47 Å². The fourth-order valence-corrected chi connectivity index (χ4v) is 1.43. The predicted octanol–water partition coefficient (Wildman–Crippen LogP) is 2.92. The smallest absolute Gasteiger partial charge is 0.309 e. The van der Waals surface area contributed by atoms with Crippen LogP contribution in [-0.2, 0) is 9.53 Å². The van der Waals surface area contributed by atoms with Gasteiger partial charge in [0.2, 0.25) is 0 Å². The first-order valence-electron chi connectivity index (χ1n) is 4.87. The molecule has 0 atom stereocenters. The lowest BCUT2D eigenvalue weighted by Gasteiger charge is -2.07. The fraction of sp³-hybridized carbons (Fsp3) is 0.364. The van der Waals surface area contributed by atoms with Gasteiger partial charge in [-0.25, -0.2) is 4.39 Å². The van der Waals surface area contributed by atoms with Gasteiger partial charge in [-0.3, -0.25) is 4.79 Å². The molecule has 0 aromatic heterocycles. The highest BCUT2D eigenvalue weighted by Crippen LogP contribution is 2.25. The van der Waals surface area contributed by atoms with Gasteiger partial charge in [-0.15, -0.1) is 0 Å². The van der Waals surface area contributed by atoms with Crippen molar-refractivity contribution in [3.8, 4) is 5.75 Å². The number of hydrogen-bond donors (Lipinski definition) is 0. The van der Waals surface area contributed by atoms with E-state index in [1.54, 1.807) is 13.0 Å². The first-order valence-corrected chi connectivity index (χ1v) is 5.66. The Morgan fingerprint density at radius 1 is 1.50 bits per heavy atom. The average Bonchev–Trinajstić information content (AvgIpc) is 2.23. The van der Waals surface area contributed by atoms with E-state index in [1.165, 1.54) is 12.1 Å². The summed E-state index contributed by atoms with van der Waals surface area (Å²) >= 11 is 3.22. The van der Waals surface area contributed by atoms with Gasteiger partial charge in [0.25, 0.3) is 0 Å². The largest absolute Gasteiger partial charge is 0.492 e. The van der Waals surface area contributed by atoms with Crippen LogP contribution in [0, 0.1) is 5.82 Å². The lowest BCUT2D eigenvalue weighted by Crippen LogP contribution is -2.09. The van der Waals surface area contributed by atoms with Crippen LogP contribution in [0.4, 0.5) is 4.39 Å². The van der Waals surface area contributed by atoms with Crippen LogP contribution in [0.3, 0.4) is 0 Å². The maximum Gasteiger partial charge on any atom is 0.309 e. The Hall–Kier alpha value is -1.10. The molecule has 0 radical (unpaired) electrons. The Balaban J connectivity index is 2.42. The van der Waals surface area contributed by atoms with Gasteiger partial charge in [-0.2, -0.15) is 0 Å². The summed E-state index contributed by atoms with van der Waals surface area (Å²) in [6.45, 7) is 2.26. The summed E-state index contributed by atoms with van der Waals surface area (Å²) in [4.78, 5) is 11.0. The maximum absolute atomic E-state index is 12.9. The molecule has 16 heavy (non-hydrogen) atoms. The van der Waals surface area contributed by atoms with Crippen molar-refractivity contribution in [1.29, 1.82) is 0 Å². The zero-order chi connectivity index (χ0) is 12.0. The van der Waals surface area contributed by atoms with Crippen molar-refractivity contribution in [2.75, 3.05) is 13.2 Å². The SMILES string of the molecule is CCOC(=O)CCOc1cc(F)ccc1Br. The van der Waals surface area contributed by atoms with Crippen molar-refractivity contribution in [3.05, 3.63) is 28.5 Å². The standard InChI is InChI=1S/C11H12BrFO3/c1-2-15-11(14)5-6-16-10-7-8(13)3-4-9(10)12/h3-4,7H,2,5-6H2,1H3. The van der Waals surface area contributed by atoms with Crippen molar-refractivity contribution in [2.45, 2.75) is 13.3 Å². The van der Waals surface area contributed by atoms with E-state index in [2.05, 4.69) is 15.9 Å². The molecule has 0 saturated carbocycles. The number of benzene rings is 1. The molecule has 0 amide bonds. The molecule has 88 valence electrons. The normalized spacial score (nSPS) is 9.94. The third kappa shape index (κ3) is 4.18. The molecular weight excluding hydrogens is 279 g/mol. The number of halogens is 2. The van der Waals surface area contributed by atoms with Crippen molar-refractivity contribution < 1.29 is 18.7 Å². The number of hydrogen-bond acceptors (Lipinski definition) is 3. The van der Waals surface area contributed by atoms with Crippen molar-refractivity contribution >= 4 is 21.9 Å². The number of carbonyl (C=O) groups excluding carboxylic acids is 1. The highest BCUT2D eigenvalue weighted by molar-refractivity contribution is 9.10. The van der Waals surface area contributed by atoms with Gasteiger partial charge in [-0.1, -0.05) is 0 Å². The second kappa shape index (κ2) is 6.48. The number of esters is 1. The number of carbonyl (C=O) groups is 1. The molecule has 5 heteroatoms. The monoisotopic (exact) mass is 290 g/mol. The van der Waals surface area contributed by atoms with Crippen molar-refractivity contribution in [3.63, 3.8) is 0 Å². The molecule has 0 aliphatic heterocycles. The Kier molecular flexibility index (Phi) is 5.25. The summed E-state index contributed by atoms with van der Waals surface area (Å²) in [6, 6.07) is 4.13. The van der Waals surface area contributed by atoms with Gasteiger partial charge in [0.1, 0.15) is 11.6 Å². The van der Waals surface area contributed by atoms with E-state index in [4.69, 9.17) is 9.47 Å². The van der Waals surface area contributed by atoms with E-state index < -0.39 is 0 Å². The van der Waals surface area contributed by atoms with Crippen molar-refractivity contribution in [2.24, 2.45) is 0 Å². The van der Waals surface area contributed by atoms with Crippen LogP contribution in [0.5, 0.6) is 5.75 Å². The first kappa shape index (κ1) is 13.0. The van der Waals surface area contributed by atoms with Crippen LogP contribution in [0.25, 0.3) is 0 Å². The molecular formula is C11H12BrFO3. The minimum atomic E-state index is -0.380. The average molecular weight is 291 g/mol. The molecule has 0 aliphatic rings. The molecule has 1 aromatic carbocycles. The molecule has 1 aromatic rings.